The lowest BCUT2D eigenvalue weighted by Gasteiger charge is -2.33. The van der Waals surface area contributed by atoms with Gasteiger partial charge in [-0.15, -0.1) is 6.58 Å². The lowest BCUT2D eigenvalue weighted by molar-refractivity contribution is 0.0958. The normalized spacial score (nSPS) is 14.9. The number of methoxy groups -OCH3 is 1. The summed E-state index contributed by atoms with van der Waals surface area (Å²) >= 11 is 0. The monoisotopic (exact) mass is 429 g/mol. The molecule has 30 heavy (non-hydrogen) atoms. The second-order valence-corrected chi connectivity index (χ2v) is 8.82. The van der Waals surface area contributed by atoms with E-state index in [1.807, 2.05) is 24.3 Å². The van der Waals surface area contributed by atoms with E-state index in [2.05, 4.69) is 21.5 Å². The highest BCUT2D eigenvalue weighted by Crippen LogP contribution is 2.23. The van der Waals surface area contributed by atoms with E-state index >= 15 is 0 Å². The maximum atomic E-state index is 12.8. The number of ether oxygens (including phenoxy) is 1. The van der Waals surface area contributed by atoms with Crippen LogP contribution in [-0.2, 0) is 10.0 Å². The number of amides is 1. The highest BCUT2D eigenvalue weighted by Gasteiger charge is 2.25. The van der Waals surface area contributed by atoms with Gasteiger partial charge in [-0.05, 0) is 55.3 Å². The molecule has 1 aliphatic heterocycles. The second kappa shape index (κ2) is 9.77. The second-order valence-electron chi connectivity index (χ2n) is 7.11. The van der Waals surface area contributed by atoms with E-state index in [4.69, 9.17) is 4.74 Å². The lowest BCUT2D eigenvalue weighted by atomic mass is 10.1. The summed E-state index contributed by atoms with van der Waals surface area (Å²) in [6, 6.07) is 13.8. The molecule has 1 fully saturated rings. The summed E-state index contributed by atoms with van der Waals surface area (Å²) in [7, 11) is -2.08. The van der Waals surface area contributed by atoms with Crippen LogP contribution in [-0.4, -0.2) is 47.1 Å². The molecule has 0 saturated carbocycles. The van der Waals surface area contributed by atoms with Gasteiger partial charge in [0, 0.05) is 36.9 Å². The highest BCUT2D eigenvalue weighted by atomic mass is 32.2. The zero-order valence-electron chi connectivity index (χ0n) is 17.0. The van der Waals surface area contributed by atoms with Crippen molar-refractivity contribution in [1.82, 2.24) is 10.0 Å². The predicted octanol–water partition coefficient (Wildman–Crippen LogP) is 2.56. The molecular weight excluding hydrogens is 402 g/mol. The van der Waals surface area contributed by atoms with Gasteiger partial charge < -0.3 is 15.0 Å². The largest absolute Gasteiger partial charge is 0.497 e. The first kappa shape index (κ1) is 21.9. The van der Waals surface area contributed by atoms with Gasteiger partial charge in [-0.1, -0.05) is 12.1 Å². The van der Waals surface area contributed by atoms with E-state index in [1.54, 1.807) is 25.3 Å². The topological polar surface area (TPSA) is 87.7 Å². The van der Waals surface area contributed by atoms with Crippen LogP contribution in [0.15, 0.2) is 66.1 Å². The van der Waals surface area contributed by atoms with Gasteiger partial charge in [-0.3, -0.25) is 4.79 Å². The molecule has 160 valence electrons. The molecule has 2 aromatic rings. The van der Waals surface area contributed by atoms with E-state index in [1.165, 1.54) is 12.1 Å². The molecule has 2 N–H and O–H groups in total. The lowest BCUT2D eigenvalue weighted by Crippen LogP contribution is -2.44. The van der Waals surface area contributed by atoms with Gasteiger partial charge in [-0.2, -0.15) is 0 Å². The summed E-state index contributed by atoms with van der Waals surface area (Å²) in [4.78, 5) is 14.4. The van der Waals surface area contributed by atoms with E-state index in [0.717, 1.165) is 24.5 Å². The van der Waals surface area contributed by atoms with Crippen LogP contribution in [0.1, 0.15) is 23.2 Å². The van der Waals surface area contributed by atoms with Crippen LogP contribution in [0.4, 0.5) is 5.69 Å². The Bertz CT molecular complexity index is 982. The van der Waals surface area contributed by atoms with Crippen LogP contribution in [0.5, 0.6) is 5.75 Å². The molecular formula is C22H27N3O4S. The van der Waals surface area contributed by atoms with Gasteiger partial charge >= 0.3 is 0 Å². The fourth-order valence-corrected chi connectivity index (χ4v) is 4.76. The standard InChI is InChI=1S/C22H27N3O4S/c1-3-13-23-22(26)17-5-4-6-21(16-17)30(27,28)24-18-11-14-25(15-12-18)19-7-9-20(29-2)10-8-19/h3-10,16,18,24H,1,11-15H2,2H3,(H,23,26). The van der Waals surface area contributed by atoms with E-state index in [0.29, 0.717) is 24.9 Å². The van der Waals surface area contributed by atoms with Crippen LogP contribution >= 0.6 is 0 Å². The Morgan fingerprint density at radius 2 is 1.90 bits per heavy atom. The third-order valence-electron chi connectivity index (χ3n) is 5.07. The number of nitrogens with zero attached hydrogens (tertiary/aromatic N) is 1. The van der Waals surface area contributed by atoms with Crippen molar-refractivity contribution in [3.05, 3.63) is 66.7 Å². The van der Waals surface area contributed by atoms with E-state index in [9.17, 15) is 13.2 Å². The first-order valence-corrected chi connectivity index (χ1v) is 11.3. The van der Waals surface area contributed by atoms with Crippen LogP contribution in [0.25, 0.3) is 0 Å². The molecule has 0 radical (unpaired) electrons. The Kier molecular flexibility index (Phi) is 7.12. The third kappa shape index (κ3) is 5.40. The molecule has 0 aromatic heterocycles. The number of carbonyl (C=O) groups is 1. The van der Waals surface area contributed by atoms with Gasteiger partial charge in [0.1, 0.15) is 5.75 Å². The molecule has 1 aliphatic rings. The van der Waals surface area contributed by atoms with E-state index < -0.39 is 10.0 Å². The Morgan fingerprint density at radius 3 is 2.53 bits per heavy atom. The van der Waals surface area contributed by atoms with Crippen molar-refractivity contribution >= 4 is 21.6 Å². The summed E-state index contributed by atoms with van der Waals surface area (Å²) in [5.74, 6) is 0.474. The van der Waals surface area contributed by atoms with Crippen molar-refractivity contribution in [3.8, 4) is 5.75 Å². The Balaban J connectivity index is 1.61. The molecule has 0 unspecified atom stereocenters. The van der Waals surface area contributed by atoms with Gasteiger partial charge in [-0.25, -0.2) is 13.1 Å². The molecule has 0 atom stereocenters. The number of piperidine rings is 1. The Labute approximate surface area is 177 Å². The molecule has 3 rings (SSSR count). The highest BCUT2D eigenvalue weighted by molar-refractivity contribution is 7.89. The first-order chi connectivity index (χ1) is 14.4. The van der Waals surface area contributed by atoms with Crippen LogP contribution in [0, 0.1) is 0 Å². The van der Waals surface area contributed by atoms with E-state index in [-0.39, 0.29) is 16.8 Å². The van der Waals surface area contributed by atoms with Crippen molar-refractivity contribution in [3.63, 3.8) is 0 Å². The van der Waals surface area contributed by atoms with Gasteiger partial charge in [0.25, 0.3) is 5.91 Å². The molecule has 0 spiro atoms. The zero-order valence-corrected chi connectivity index (χ0v) is 17.8. The Hall–Kier alpha value is -2.84. The summed E-state index contributed by atoms with van der Waals surface area (Å²) < 4.78 is 33.6. The number of benzene rings is 2. The molecule has 1 heterocycles. The minimum absolute atomic E-state index is 0.0892. The smallest absolute Gasteiger partial charge is 0.251 e. The summed E-state index contributed by atoms with van der Waals surface area (Å²) in [6.45, 7) is 5.38. The molecule has 7 nitrogen and oxygen atoms in total. The molecule has 1 saturated heterocycles. The predicted molar refractivity (Wildman–Crippen MR) is 118 cm³/mol. The molecule has 0 aliphatic carbocycles. The average Bonchev–Trinajstić information content (AvgIpc) is 2.78. The fourth-order valence-electron chi connectivity index (χ4n) is 3.41. The molecule has 1 amide bonds. The molecule has 0 bridgehead atoms. The fraction of sp³-hybridized carbons (Fsp3) is 0.318. The van der Waals surface area contributed by atoms with Crippen LogP contribution in [0.3, 0.4) is 0 Å². The number of carbonyl (C=O) groups excluding carboxylic acids is 1. The summed E-state index contributed by atoms with van der Waals surface area (Å²) in [5, 5.41) is 2.65. The van der Waals surface area contributed by atoms with Crippen molar-refractivity contribution in [2.45, 2.75) is 23.8 Å². The summed E-state index contributed by atoms with van der Waals surface area (Å²) in [5.41, 5.74) is 1.39. The van der Waals surface area contributed by atoms with Gasteiger partial charge in [0.2, 0.25) is 10.0 Å². The number of hydrogen-bond acceptors (Lipinski definition) is 5. The van der Waals surface area contributed by atoms with Gasteiger partial charge in [0.05, 0.1) is 12.0 Å². The minimum Gasteiger partial charge on any atom is -0.497 e. The maximum Gasteiger partial charge on any atom is 0.251 e. The maximum absolute atomic E-state index is 12.8. The number of hydrogen-bond donors (Lipinski definition) is 2. The number of rotatable bonds is 8. The SMILES string of the molecule is C=CCNC(=O)c1cccc(S(=O)(=O)NC2CCN(c3ccc(OC)cc3)CC2)c1. The zero-order chi connectivity index (χ0) is 21.6. The third-order valence-corrected chi connectivity index (χ3v) is 6.59. The van der Waals surface area contributed by atoms with Crippen LogP contribution < -0.4 is 19.7 Å². The van der Waals surface area contributed by atoms with Crippen molar-refractivity contribution < 1.29 is 17.9 Å². The summed E-state index contributed by atoms with van der Waals surface area (Å²) in [6.07, 6.45) is 2.97. The molecule has 2 aromatic carbocycles. The van der Waals surface area contributed by atoms with Gasteiger partial charge in [0.15, 0.2) is 0 Å². The molecule has 8 heteroatoms. The van der Waals surface area contributed by atoms with Crippen LogP contribution in [0.2, 0.25) is 0 Å². The number of nitrogens with one attached hydrogen (secondary N) is 2. The van der Waals surface area contributed by atoms with Crippen molar-refractivity contribution in [2.24, 2.45) is 0 Å². The Morgan fingerprint density at radius 1 is 1.20 bits per heavy atom. The average molecular weight is 430 g/mol. The quantitative estimate of drug-likeness (QED) is 0.630. The van der Waals surface area contributed by atoms with Crippen molar-refractivity contribution in [1.29, 1.82) is 0 Å². The minimum atomic E-state index is -3.71. The first-order valence-electron chi connectivity index (χ1n) is 9.83. The number of sulfonamides is 1. The van der Waals surface area contributed by atoms with Crippen molar-refractivity contribution in [2.75, 3.05) is 31.6 Å². The number of anilines is 1.